The number of carboxylic acid groups (broad SMARTS) is 1. The predicted octanol–water partition coefficient (Wildman–Crippen LogP) is 0.130. The van der Waals surface area contributed by atoms with Crippen LogP contribution in [0.2, 0.25) is 0 Å². The Hall–Kier alpha value is -8.05. The van der Waals surface area contributed by atoms with Gasteiger partial charge in [-0.3, -0.25) is 24.0 Å². The van der Waals surface area contributed by atoms with Gasteiger partial charge < -0.3 is 95.4 Å². The third-order valence-corrected chi connectivity index (χ3v) is 12.9. The molecule has 0 spiro atoms. The molecule has 27 heteroatoms. The number of anilines is 3. The Morgan fingerprint density at radius 1 is 0.821 bits per heavy atom. The van der Waals surface area contributed by atoms with Gasteiger partial charge in [0, 0.05) is 65.2 Å². The second kappa shape index (κ2) is 25.4. The molecule has 0 bridgehead atoms. The minimum atomic E-state index is -2.00. The van der Waals surface area contributed by atoms with Gasteiger partial charge in [-0.1, -0.05) is 18.2 Å². The number of rotatable bonds is 22. The SMILES string of the molecule is C=C1C[C@H]2C(O)N(C(=O)OCc3ccc(O[C@@H]4O[C@H](C(=O)O)[C@@H](O)[C@H](O)[C@H]4O)c(C(=O)NCCCN)c3)c3cc(OCCCC(=O)Nc4cc(C(=O)Nc5cc(C(=O)NCCCO)n(C)c5)n(C)c4)c(OC)cc3C(=O)N2C1. The van der Waals surface area contributed by atoms with Crippen LogP contribution in [0.3, 0.4) is 0 Å². The molecule has 3 aliphatic rings. The first-order chi connectivity index (χ1) is 37.2. The molecular weight excluding hydrogens is 1030 g/mol. The van der Waals surface area contributed by atoms with Crippen LogP contribution in [0, 0.1) is 0 Å². The fraction of sp³-hybridized carbons (Fsp3) is 0.431. The highest BCUT2D eigenvalue weighted by molar-refractivity contribution is 6.07. The molecule has 1 unspecified atom stereocenters. The maximum absolute atomic E-state index is 14.3. The van der Waals surface area contributed by atoms with E-state index in [0.717, 1.165) is 4.90 Å². The van der Waals surface area contributed by atoms with Gasteiger partial charge in [0.05, 0.1) is 47.9 Å². The number of aromatic nitrogens is 2. The number of nitrogens with zero attached hydrogens (tertiary/aromatic N) is 4. The Labute approximate surface area is 446 Å². The van der Waals surface area contributed by atoms with Crippen molar-refractivity contribution >= 4 is 58.7 Å². The van der Waals surface area contributed by atoms with E-state index in [-0.39, 0.29) is 110 Å². The summed E-state index contributed by atoms with van der Waals surface area (Å²) in [6.07, 6.45) is -8.48. The summed E-state index contributed by atoms with van der Waals surface area (Å²) in [5, 5.41) is 72.4. The van der Waals surface area contributed by atoms with E-state index in [1.807, 2.05) is 0 Å². The van der Waals surface area contributed by atoms with Crippen LogP contribution in [-0.2, 0) is 39.8 Å². The molecule has 12 N–H and O–H groups in total. The third-order valence-electron chi connectivity index (χ3n) is 12.9. The van der Waals surface area contributed by atoms with E-state index < -0.39 is 85.3 Å². The number of fused-ring (bicyclic) bond motifs is 2. The van der Waals surface area contributed by atoms with Gasteiger partial charge in [-0.05, 0) is 68.1 Å². The lowest BCUT2D eigenvalue weighted by atomic mass is 9.99. The smallest absolute Gasteiger partial charge is 0.416 e. The summed E-state index contributed by atoms with van der Waals surface area (Å²) in [6, 6.07) is 8.62. The van der Waals surface area contributed by atoms with Gasteiger partial charge in [0.1, 0.15) is 42.1 Å². The summed E-state index contributed by atoms with van der Waals surface area (Å²) in [7, 11) is 4.61. The quantitative estimate of drug-likeness (QED) is 0.0368. The molecular formula is C51H63N9O18. The van der Waals surface area contributed by atoms with E-state index in [4.69, 9.17) is 34.5 Å². The molecule has 6 amide bonds. The number of aliphatic carboxylic acids is 1. The predicted molar refractivity (Wildman–Crippen MR) is 274 cm³/mol. The molecule has 2 aromatic heterocycles. The maximum Gasteiger partial charge on any atom is 0.416 e. The van der Waals surface area contributed by atoms with E-state index in [1.165, 1.54) is 59.0 Å². The normalized spacial score (nSPS) is 20.7. The van der Waals surface area contributed by atoms with Crippen molar-refractivity contribution in [3.63, 3.8) is 0 Å². The van der Waals surface area contributed by atoms with Crippen molar-refractivity contribution in [3.05, 3.63) is 95.1 Å². The highest BCUT2D eigenvalue weighted by Gasteiger charge is 2.49. The second-order valence-electron chi connectivity index (χ2n) is 18.6. The first-order valence-electron chi connectivity index (χ1n) is 24.7. The second-order valence-corrected chi connectivity index (χ2v) is 18.6. The monoisotopic (exact) mass is 1090 g/mol. The number of hydrogen-bond acceptors (Lipinski definition) is 18. The molecule has 78 heavy (non-hydrogen) atoms. The van der Waals surface area contributed by atoms with Crippen LogP contribution in [0.15, 0.2) is 67.0 Å². The standard InChI is InChI=1S/C51H63N9O18/c1-26-16-35-48(70)60(51(73)76-25-27-9-10-36(31(17-27)44(66)53-12-6-11-52)77-50-42(65)40(63)41(64)43(78-50)49(71)72)32-21-38(37(74-4)20-30(32)47(69)59(35)22-26)75-15-5-8-39(62)55-28-18-34(58(3)23-28)46(68)56-29-19-33(57(2)24-29)45(67)54-13-7-14-61/h9-10,17-21,23-24,35,40-43,48,50,61,63-65,70H,1,5-8,11-16,22,25,52H2,2-4H3,(H,53,66)(H,54,67)(H,55,62)(H,56,68)(H,71,72)/t35-,40-,41-,42+,43-,48?,50+/m0/s1. The topological polar surface area (TPSA) is 377 Å². The Kier molecular flexibility index (Phi) is 18.8. The number of carbonyl (C=O) groups excluding carboxylic acids is 6. The van der Waals surface area contributed by atoms with Crippen LogP contribution in [0.1, 0.15) is 79.4 Å². The van der Waals surface area contributed by atoms with E-state index in [0.29, 0.717) is 35.5 Å². The van der Waals surface area contributed by atoms with Crippen molar-refractivity contribution in [2.45, 2.75) is 81.7 Å². The molecule has 420 valence electrons. The molecule has 2 saturated heterocycles. The molecule has 2 aromatic carbocycles. The van der Waals surface area contributed by atoms with Crippen molar-refractivity contribution in [2.24, 2.45) is 19.8 Å². The maximum atomic E-state index is 14.3. The highest BCUT2D eigenvalue weighted by Crippen LogP contribution is 2.42. The Morgan fingerprint density at radius 3 is 2.18 bits per heavy atom. The summed E-state index contributed by atoms with van der Waals surface area (Å²) in [6.45, 7) is 4.04. The zero-order chi connectivity index (χ0) is 56.5. The van der Waals surface area contributed by atoms with Crippen molar-refractivity contribution in [1.82, 2.24) is 24.7 Å². The lowest BCUT2D eigenvalue weighted by molar-refractivity contribution is -0.271. The minimum Gasteiger partial charge on any atom is -0.493 e. The highest BCUT2D eigenvalue weighted by atomic mass is 16.7. The van der Waals surface area contributed by atoms with Crippen molar-refractivity contribution < 1.29 is 87.9 Å². The van der Waals surface area contributed by atoms with E-state index in [2.05, 4.69) is 27.8 Å². The molecule has 0 radical (unpaired) electrons. The molecule has 3 aliphatic heterocycles. The third kappa shape index (κ3) is 13.0. The molecule has 7 atom stereocenters. The Balaban J connectivity index is 1.03. The van der Waals surface area contributed by atoms with Crippen LogP contribution in [0.25, 0.3) is 0 Å². The summed E-state index contributed by atoms with van der Waals surface area (Å²) in [4.78, 5) is 94.9. The van der Waals surface area contributed by atoms with Crippen molar-refractivity contribution in [2.75, 3.05) is 62.0 Å². The van der Waals surface area contributed by atoms with Crippen LogP contribution in [-0.4, -0.2) is 176 Å². The van der Waals surface area contributed by atoms with E-state index in [1.54, 1.807) is 31.1 Å². The number of aliphatic hydroxyl groups is 5. The number of aryl methyl sites for hydroxylation is 2. The van der Waals surface area contributed by atoms with E-state index >= 15 is 0 Å². The molecule has 0 saturated carbocycles. The molecule has 0 aliphatic carbocycles. The summed E-state index contributed by atoms with van der Waals surface area (Å²) in [5.41, 5.74) is 7.25. The number of methoxy groups -OCH3 is 1. The zero-order valence-corrected chi connectivity index (χ0v) is 42.9. The van der Waals surface area contributed by atoms with Crippen LogP contribution < -0.4 is 46.1 Å². The molecule has 5 heterocycles. The van der Waals surface area contributed by atoms with Crippen LogP contribution >= 0.6 is 0 Å². The average molecular weight is 1090 g/mol. The number of amides is 6. The van der Waals surface area contributed by atoms with Gasteiger partial charge in [0.25, 0.3) is 23.6 Å². The van der Waals surface area contributed by atoms with Crippen molar-refractivity contribution in [1.29, 1.82) is 0 Å². The number of carboxylic acids is 1. The van der Waals surface area contributed by atoms with Gasteiger partial charge in [0.15, 0.2) is 23.8 Å². The first-order valence-corrected chi connectivity index (χ1v) is 24.7. The van der Waals surface area contributed by atoms with Crippen LogP contribution in [0.5, 0.6) is 17.2 Å². The Morgan fingerprint density at radius 2 is 1.50 bits per heavy atom. The summed E-state index contributed by atoms with van der Waals surface area (Å²) < 4.78 is 31.5. The summed E-state index contributed by atoms with van der Waals surface area (Å²) >= 11 is 0. The van der Waals surface area contributed by atoms with E-state index in [9.17, 15) is 59.1 Å². The summed E-state index contributed by atoms with van der Waals surface area (Å²) in [5.74, 6) is -4.35. The number of ether oxygens (including phenoxy) is 5. The zero-order valence-electron chi connectivity index (χ0n) is 42.9. The van der Waals surface area contributed by atoms with Gasteiger partial charge in [-0.25, -0.2) is 14.5 Å². The molecule has 4 aromatic rings. The van der Waals surface area contributed by atoms with Crippen LogP contribution in [0.4, 0.5) is 21.9 Å². The largest absolute Gasteiger partial charge is 0.493 e. The number of benzene rings is 2. The molecule has 2 fully saturated rings. The fourth-order valence-electron chi connectivity index (χ4n) is 8.94. The lowest BCUT2D eigenvalue weighted by Gasteiger charge is -2.38. The minimum absolute atomic E-state index is 0.0390. The van der Waals surface area contributed by atoms with Gasteiger partial charge in [0.2, 0.25) is 12.2 Å². The number of aliphatic hydroxyl groups excluding tert-OH is 5. The number of carbonyl (C=O) groups is 7. The van der Waals surface area contributed by atoms with Gasteiger partial charge in [-0.2, -0.15) is 0 Å². The molecule has 27 nitrogen and oxygen atoms in total. The molecule has 7 rings (SSSR count). The first kappa shape index (κ1) is 57.7. The van der Waals surface area contributed by atoms with Gasteiger partial charge in [-0.15, -0.1) is 0 Å². The average Bonchev–Trinajstić information content (AvgIpc) is 4.13. The van der Waals surface area contributed by atoms with Crippen molar-refractivity contribution in [3.8, 4) is 17.2 Å². The number of nitrogens with two attached hydrogens (primary N) is 1. The number of hydrogen-bond donors (Lipinski definition) is 11. The fourth-order valence-corrected chi connectivity index (χ4v) is 8.94. The lowest BCUT2D eigenvalue weighted by Crippen LogP contribution is -2.61. The van der Waals surface area contributed by atoms with Gasteiger partial charge >= 0.3 is 12.1 Å². The Bertz CT molecular complexity index is 2920. The number of nitrogens with one attached hydrogen (secondary N) is 4.